The number of hydrogen-bond acceptors (Lipinski definition) is 7. The molecule has 316 valence electrons. The third-order valence-electron chi connectivity index (χ3n) is 11.6. The first-order chi connectivity index (χ1) is 23.9. The van der Waals surface area contributed by atoms with Crippen LogP contribution in [0.4, 0.5) is 0 Å². The monoisotopic (exact) mass is 769 g/mol. The second-order valence-corrected chi connectivity index (χ2v) is 15.5. The van der Waals surface area contributed by atoms with Gasteiger partial charge in [0.15, 0.2) is 0 Å². The van der Waals surface area contributed by atoms with Gasteiger partial charge in [0, 0.05) is 77.0 Å². The van der Waals surface area contributed by atoms with Crippen LogP contribution in [0.25, 0.3) is 0 Å². The molecule has 1 aromatic rings. The molecule has 8 heteroatoms. The summed E-state index contributed by atoms with van der Waals surface area (Å²) in [6, 6.07) is 8.18. The Morgan fingerprint density at radius 3 is 1.34 bits per heavy atom. The molecule has 1 aromatic carbocycles. The summed E-state index contributed by atoms with van der Waals surface area (Å²) in [5.41, 5.74) is 1.36. The first-order valence-electron chi connectivity index (χ1n) is 20.7. The van der Waals surface area contributed by atoms with Gasteiger partial charge in [-0.1, -0.05) is 120 Å². The third kappa shape index (κ3) is 23.8. The molecule has 1 aliphatic carbocycles. The highest BCUT2D eigenvalue weighted by Gasteiger charge is 2.19. The van der Waals surface area contributed by atoms with Crippen LogP contribution in [0.1, 0.15) is 134 Å². The molecule has 5 aliphatic rings. The van der Waals surface area contributed by atoms with Crippen molar-refractivity contribution >= 4 is 11.6 Å². The van der Waals surface area contributed by atoms with E-state index in [1.807, 2.05) is 12.1 Å². The van der Waals surface area contributed by atoms with Gasteiger partial charge in [-0.05, 0) is 102 Å². The molecular weight excluding hydrogens is 676 g/mol. The topological polar surface area (TPSA) is 39.7 Å². The summed E-state index contributed by atoms with van der Waals surface area (Å²) in [5.74, 6) is 1.05. The van der Waals surface area contributed by atoms with Crippen molar-refractivity contribution in [3.05, 3.63) is 34.9 Å². The molecular formula is C45H93ClN6O. The summed E-state index contributed by atoms with van der Waals surface area (Å²) in [4.78, 5) is 15.1. The van der Waals surface area contributed by atoms with Gasteiger partial charge in [-0.3, -0.25) is 4.90 Å². The average Bonchev–Trinajstić information content (AvgIpc) is 3.17. The zero-order valence-corrected chi connectivity index (χ0v) is 33.2. The molecule has 5 fully saturated rings. The second kappa shape index (κ2) is 33.4. The van der Waals surface area contributed by atoms with Crippen molar-refractivity contribution in [2.75, 3.05) is 111 Å². The van der Waals surface area contributed by atoms with Crippen molar-refractivity contribution in [1.82, 2.24) is 29.4 Å². The Bertz CT molecular complexity index is 902. The number of likely N-dealkylation sites (N-methyl/N-ethyl adjacent to an activating group) is 2. The number of nitrogens with zero attached hydrogens (tertiary/aromatic N) is 6. The smallest absolute Gasteiger partial charge is 0.0564 e. The normalized spacial score (nSPS) is 21.3. The summed E-state index contributed by atoms with van der Waals surface area (Å²) in [5, 5.41) is 9.91. The highest BCUT2D eigenvalue weighted by molar-refractivity contribution is 6.30. The van der Waals surface area contributed by atoms with Gasteiger partial charge in [0.2, 0.25) is 0 Å². The number of piperidine rings is 2. The SMILES string of the molecule is C.C.C.C.CCN1CCC(O)CC1.CCN1CCCCC1.CCN1CCN(CCC2CCCCC2)CC1.CCN1CCN(Cc2ccc(Cl)cc2)CC1. The molecule has 0 aromatic heterocycles. The van der Waals surface area contributed by atoms with Crippen LogP contribution in [0.15, 0.2) is 24.3 Å². The van der Waals surface area contributed by atoms with Crippen molar-refractivity contribution in [2.24, 2.45) is 5.92 Å². The van der Waals surface area contributed by atoms with Gasteiger partial charge in [-0.15, -0.1) is 0 Å². The van der Waals surface area contributed by atoms with Crippen LogP contribution >= 0.6 is 11.6 Å². The Hall–Kier alpha value is -0.770. The molecule has 0 atom stereocenters. The van der Waals surface area contributed by atoms with E-state index in [1.165, 1.54) is 155 Å². The number of aliphatic hydroxyl groups excluding tert-OH is 1. The van der Waals surface area contributed by atoms with E-state index in [0.717, 1.165) is 50.0 Å². The minimum atomic E-state index is -0.0206. The molecule has 6 rings (SSSR count). The Morgan fingerprint density at radius 1 is 0.491 bits per heavy atom. The quantitative estimate of drug-likeness (QED) is 0.269. The molecule has 7 nitrogen and oxygen atoms in total. The molecule has 0 amide bonds. The Morgan fingerprint density at radius 2 is 0.887 bits per heavy atom. The number of hydrogen-bond donors (Lipinski definition) is 1. The molecule has 1 N–H and O–H groups in total. The van der Waals surface area contributed by atoms with E-state index < -0.39 is 0 Å². The molecule has 4 heterocycles. The number of rotatable bonds is 9. The first-order valence-corrected chi connectivity index (χ1v) is 21.1. The van der Waals surface area contributed by atoms with Gasteiger partial charge >= 0.3 is 0 Å². The molecule has 0 unspecified atom stereocenters. The molecule has 4 aliphatic heterocycles. The van der Waals surface area contributed by atoms with E-state index >= 15 is 0 Å². The largest absolute Gasteiger partial charge is 0.393 e. The standard InChI is InChI=1S/C14H28N2.C13H19ClN2.C7H15NO.C7H15N.4CH4/c1-2-15-10-12-16(13-11-15)9-8-14-6-4-3-5-7-14;1-2-15-7-9-16(10-8-15)11-12-3-5-13(14)6-4-12;1-2-8-5-3-7(9)4-6-8;1-2-8-6-4-3-5-7-8;;;;/h14H,2-13H2,1H3;3-6H,2,7-11H2,1H3;7,9H,2-6H2,1H3;2-7H2,1H3;4*1H4. The van der Waals surface area contributed by atoms with E-state index in [-0.39, 0.29) is 35.8 Å². The van der Waals surface area contributed by atoms with Crippen LogP contribution in [0.5, 0.6) is 0 Å². The van der Waals surface area contributed by atoms with E-state index in [2.05, 4.69) is 69.2 Å². The average molecular weight is 770 g/mol. The summed E-state index contributed by atoms with van der Waals surface area (Å²) >= 11 is 5.87. The maximum Gasteiger partial charge on any atom is 0.0564 e. The number of halogens is 1. The van der Waals surface area contributed by atoms with Gasteiger partial charge in [-0.25, -0.2) is 0 Å². The van der Waals surface area contributed by atoms with Crippen molar-refractivity contribution in [3.63, 3.8) is 0 Å². The van der Waals surface area contributed by atoms with Gasteiger partial charge in [0.05, 0.1) is 6.10 Å². The zero-order valence-electron chi connectivity index (χ0n) is 32.5. The molecule has 0 spiro atoms. The predicted octanol–water partition coefficient (Wildman–Crippen LogP) is 9.57. The van der Waals surface area contributed by atoms with Gasteiger partial charge in [-0.2, -0.15) is 0 Å². The lowest BCUT2D eigenvalue weighted by molar-refractivity contribution is 0.0852. The first kappa shape index (κ1) is 54.3. The summed E-state index contributed by atoms with van der Waals surface area (Å²) in [7, 11) is 0. The third-order valence-corrected chi connectivity index (χ3v) is 11.9. The number of benzene rings is 1. The maximum atomic E-state index is 9.10. The Kier molecular flexibility index (Phi) is 34.2. The number of aliphatic hydroxyl groups is 1. The van der Waals surface area contributed by atoms with Gasteiger partial charge < -0.3 is 29.6 Å². The van der Waals surface area contributed by atoms with Crippen LogP contribution in [-0.2, 0) is 6.54 Å². The van der Waals surface area contributed by atoms with Crippen molar-refractivity contribution in [1.29, 1.82) is 0 Å². The summed E-state index contributed by atoms with van der Waals surface area (Å²) < 4.78 is 0. The Balaban J connectivity index is 0. The molecule has 1 saturated carbocycles. The van der Waals surface area contributed by atoms with Crippen molar-refractivity contribution < 1.29 is 5.11 Å². The fraction of sp³-hybridized carbons (Fsp3) is 0.867. The van der Waals surface area contributed by atoms with E-state index in [1.54, 1.807) is 0 Å². The number of piperazine rings is 2. The van der Waals surface area contributed by atoms with Crippen molar-refractivity contribution in [2.45, 2.75) is 141 Å². The Labute approximate surface area is 337 Å². The highest BCUT2D eigenvalue weighted by Crippen LogP contribution is 2.26. The van der Waals surface area contributed by atoms with Crippen LogP contribution in [0.2, 0.25) is 5.02 Å². The fourth-order valence-electron chi connectivity index (χ4n) is 7.79. The van der Waals surface area contributed by atoms with E-state index in [0.29, 0.717) is 0 Å². The lowest BCUT2D eigenvalue weighted by Crippen LogP contribution is -2.46. The summed E-state index contributed by atoms with van der Waals surface area (Å²) in [6.07, 6.45) is 15.2. The van der Waals surface area contributed by atoms with Crippen LogP contribution in [0, 0.1) is 5.92 Å². The highest BCUT2D eigenvalue weighted by atomic mass is 35.5. The predicted molar refractivity (Wildman–Crippen MR) is 239 cm³/mol. The van der Waals surface area contributed by atoms with Crippen LogP contribution in [-0.4, -0.2) is 152 Å². The lowest BCUT2D eigenvalue weighted by atomic mass is 9.87. The minimum absolute atomic E-state index is 0. The lowest BCUT2D eigenvalue weighted by Gasteiger charge is -2.35. The molecule has 53 heavy (non-hydrogen) atoms. The van der Waals surface area contributed by atoms with Gasteiger partial charge in [0.1, 0.15) is 0 Å². The van der Waals surface area contributed by atoms with E-state index in [4.69, 9.17) is 16.7 Å². The zero-order chi connectivity index (χ0) is 35.1. The van der Waals surface area contributed by atoms with E-state index in [9.17, 15) is 0 Å². The molecule has 0 bridgehead atoms. The van der Waals surface area contributed by atoms with Gasteiger partial charge in [0.25, 0.3) is 0 Å². The van der Waals surface area contributed by atoms with Crippen molar-refractivity contribution in [3.8, 4) is 0 Å². The molecule has 4 saturated heterocycles. The fourth-order valence-corrected chi connectivity index (χ4v) is 7.92. The second-order valence-electron chi connectivity index (χ2n) is 15.1. The summed E-state index contributed by atoms with van der Waals surface area (Å²) in [6.45, 7) is 30.9. The van der Waals surface area contributed by atoms with Crippen LogP contribution in [0.3, 0.4) is 0 Å². The number of likely N-dealkylation sites (tertiary alicyclic amines) is 2. The minimum Gasteiger partial charge on any atom is -0.393 e. The molecule has 0 radical (unpaired) electrons. The van der Waals surface area contributed by atoms with Crippen LogP contribution < -0.4 is 0 Å². The maximum absolute atomic E-state index is 9.10.